The van der Waals surface area contributed by atoms with Gasteiger partial charge in [-0.05, 0) is 25.1 Å². The standard InChI is InChI=1S/C16H16N2O7S/c1-10-2-4-12(5-3-10)26(21,22)24-9-11-8-23-14-7-6-13(18(19)20)15(17)16(14)25-11/h2-7,11H,8-9,17H2,1H3/t11-/m1/s1. The summed E-state index contributed by atoms with van der Waals surface area (Å²) in [6.07, 6.45) is -0.785. The lowest BCUT2D eigenvalue weighted by molar-refractivity contribution is -0.384. The summed E-state index contributed by atoms with van der Waals surface area (Å²) in [5, 5.41) is 11.0. The molecule has 1 atom stereocenters. The average Bonchev–Trinajstić information content (AvgIpc) is 2.60. The van der Waals surface area contributed by atoms with Crippen LogP contribution in [-0.4, -0.2) is 32.7 Å². The monoisotopic (exact) mass is 380 g/mol. The second-order valence-electron chi connectivity index (χ2n) is 5.69. The summed E-state index contributed by atoms with van der Waals surface area (Å²) in [4.78, 5) is 10.3. The number of ether oxygens (including phenoxy) is 2. The van der Waals surface area contributed by atoms with Gasteiger partial charge in [0.05, 0.1) is 9.82 Å². The second-order valence-corrected chi connectivity index (χ2v) is 7.30. The number of hydrogen-bond donors (Lipinski definition) is 1. The van der Waals surface area contributed by atoms with Crippen LogP contribution in [0.5, 0.6) is 11.5 Å². The number of fused-ring (bicyclic) bond motifs is 1. The fourth-order valence-electron chi connectivity index (χ4n) is 2.37. The number of nitro groups is 1. The van der Waals surface area contributed by atoms with Gasteiger partial charge < -0.3 is 15.2 Å². The third-order valence-corrected chi connectivity index (χ3v) is 5.06. The van der Waals surface area contributed by atoms with Gasteiger partial charge in [0.15, 0.2) is 23.3 Å². The van der Waals surface area contributed by atoms with E-state index in [0.717, 1.165) is 5.56 Å². The first-order valence-electron chi connectivity index (χ1n) is 7.60. The van der Waals surface area contributed by atoms with Gasteiger partial charge in [-0.1, -0.05) is 17.7 Å². The zero-order valence-corrected chi connectivity index (χ0v) is 14.6. The maximum absolute atomic E-state index is 12.2. The van der Waals surface area contributed by atoms with Crippen LogP contribution in [0.3, 0.4) is 0 Å². The van der Waals surface area contributed by atoms with Gasteiger partial charge >= 0.3 is 0 Å². The van der Waals surface area contributed by atoms with E-state index in [9.17, 15) is 18.5 Å². The van der Waals surface area contributed by atoms with E-state index in [1.807, 2.05) is 6.92 Å². The summed E-state index contributed by atoms with van der Waals surface area (Å²) >= 11 is 0. The summed E-state index contributed by atoms with van der Waals surface area (Å²) in [5.74, 6) is 0.262. The van der Waals surface area contributed by atoms with E-state index in [2.05, 4.69) is 0 Å². The topological polar surface area (TPSA) is 131 Å². The Morgan fingerprint density at radius 1 is 1.27 bits per heavy atom. The predicted octanol–water partition coefficient (Wildman–Crippen LogP) is 2.03. The highest BCUT2D eigenvalue weighted by atomic mass is 32.2. The fourth-order valence-corrected chi connectivity index (χ4v) is 3.30. The van der Waals surface area contributed by atoms with E-state index in [4.69, 9.17) is 19.4 Å². The minimum atomic E-state index is -3.96. The molecule has 0 saturated heterocycles. The molecule has 1 heterocycles. The molecule has 9 nitrogen and oxygen atoms in total. The van der Waals surface area contributed by atoms with Crippen molar-refractivity contribution in [2.75, 3.05) is 18.9 Å². The van der Waals surface area contributed by atoms with Gasteiger partial charge in [-0.15, -0.1) is 0 Å². The van der Waals surface area contributed by atoms with Crippen LogP contribution in [0.1, 0.15) is 5.56 Å². The third-order valence-electron chi connectivity index (χ3n) is 3.76. The summed E-state index contributed by atoms with van der Waals surface area (Å²) < 4.78 is 40.4. The molecule has 26 heavy (non-hydrogen) atoms. The minimum Gasteiger partial charge on any atom is -0.486 e. The number of benzene rings is 2. The van der Waals surface area contributed by atoms with Crippen LogP contribution < -0.4 is 15.2 Å². The quantitative estimate of drug-likeness (QED) is 0.361. The molecule has 0 spiro atoms. The van der Waals surface area contributed by atoms with Crippen molar-refractivity contribution in [3.8, 4) is 11.5 Å². The Kier molecular flexibility index (Phi) is 4.70. The predicted molar refractivity (Wildman–Crippen MR) is 91.7 cm³/mol. The van der Waals surface area contributed by atoms with Crippen molar-refractivity contribution in [1.29, 1.82) is 0 Å². The van der Waals surface area contributed by atoms with Gasteiger partial charge in [0.1, 0.15) is 13.2 Å². The van der Waals surface area contributed by atoms with E-state index < -0.39 is 21.1 Å². The Labute approximate surface area is 149 Å². The van der Waals surface area contributed by atoms with Crippen molar-refractivity contribution in [3.63, 3.8) is 0 Å². The number of rotatable bonds is 5. The molecule has 1 aliphatic rings. The average molecular weight is 380 g/mol. The Hall–Kier alpha value is -2.85. The number of anilines is 1. The van der Waals surface area contributed by atoms with Crippen LogP contribution in [0.15, 0.2) is 41.3 Å². The maximum Gasteiger partial charge on any atom is 0.297 e. The lowest BCUT2D eigenvalue weighted by Gasteiger charge is -2.26. The summed E-state index contributed by atoms with van der Waals surface area (Å²) in [7, 11) is -3.96. The van der Waals surface area contributed by atoms with Crippen molar-refractivity contribution in [2.24, 2.45) is 0 Å². The lowest BCUT2D eigenvalue weighted by atomic mass is 10.2. The molecule has 10 heteroatoms. The second kappa shape index (κ2) is 6.81. The first kappa shape index (κ1) is 18.0. The molecule has 0 saturated carbocycles. The van der Waals surface area contributed by atoms with Crippen LogP contribution in [0.25, 0.3) is 0 Å². The highest BCUT2D eigenvalue weighted by molar-refractivity contribution is 7.86. The summed E-state index contributed by atoms with van der Waals surface area (Å²) in [6.45, 7) is 1.54. The Morgan fingerprint density at radius 2 is 1.96 bits per heavy atom. The number of nitro benzene ring substituents is 1. The SMILES string of the molecule is Cc1ccc(S(=O)(=O)OC[C@H]2COc3ccc([N+](=O)[O-])c(N)c3O2)cc1. The first-order valence-corrected chi connectivity index (χ1v) is 9.01. The summed E-state index contributed by atoms with van der Waals surface area (Å²) in [5.41, 5.74) is 6.17. The van der Waals surface area contributed by atoms with Crippen molar-refractivity contribution in [2.45, 2.75) is 17.9 Å². The molecule has 138 valence electrons. The van der Waals surface area contributed by atoms with Crippen molar-refractivity contribution < 1.29 is 27.0 Å². The van der Waals surface area contributed by atoms with Gasteiger partial charge in [-0.2, -0.15) is 8.42 Å². The molecule has 0 aliphatic carbocycles. The van der Waals surface area contributed by atoms with Crippen LogP contribution in [0.4, 0.5) is 11.4 Å². The molecular formula is C16H16N2O7S. The molecule has 0 radical (unpaired) electrons. The zero-order valence-electron chi connectivity index (χ0n) is 13.7. The molecule has 1 aliphatic heterocycles. The normalized spacial score (nSPS) is 16.3. The van der Waals surface area contributed by atoms with E-state index in [-0.39, 0.29) is 41.0 Å². The van der Waals surface area contributed by atoms with Gasteiger partial charge in [-0.3, -0.25) is 14.3 Å². The van der Waals surface area contributed by atoms with Gasteiger partial charge in [0.2, 0.25) is 0 Å². The number of nitrogen functional groups attached to an aromatic ring is 1. The largest absolute Gasteiger partial charge is 0.486 e. The molecule has 3 rings (SSSR count). The van der Waals surface area contributed by atoms with Gasteiger partial charge in [-0.25, -0.2) is 0 Å². The summed E-state index contributed by atoms with van der Waals surface area (Å²) in [6, 6.07) is 8.80. The van der Waals surface area contributed by atoms with Crippen LogP contribution >= 0.6 is 0 Å². The lowest BCUT2D eigenvalue weighted by Crippen LogP contribution is -2.34. The van der Waals surface area contributed by atoms with Crippen LogP contribution in [0.2, 0.25) is 0 Å². The molecule has 0 unspecified atom stereocenters. The first-order chi connectivity index (χ1) is 12.3. The highest BCUT2D eigenvalue weighted by Crippen LogP contribution is 2.42. The molecule has 0 bridgehead atoms. The van der Waals surface area contributed by atoms with E-state index in [1.54, 1.807) is 12.1 Å². The van der Waals surface area contributed by atoms with E-state index >= 15 is 0 Å². The molecule has 2 N–H and O–H groups in total. The molecule has 2 aromatic rings. The highest BCUT2D eigenvalue weighted by Gasteiger charge is 2.29. The van der Waals surface area contributed by atoms with Crippen LogP contribution in [-0.2, 0) is 14.3 Å². The number of aryl methyl sites for hydroxylation is 1. The maximum atomic E-state index is 12.2. The zero-order chi connectivity index (χ0) is 18.9. The Morgan fingerprint density at radius 3 is 2.62 bits per heavy atom. The number of nitrogens with zero attached hydrogens (tertiary/aromatic N) is 1. The van der Waals surface area contributed by atoms with Crippen molar-refractivity contribution >= 4 is 21.5 Å². The molecule has 2 aromatic carbocycles. The molecule has 0 amide bonds. The minimum absolute atomic E-state index is 0.00628. The molecule has 0 fully saturated rings. The fraction of sp³-hybridized carbons (Fsp3) is 0.250. The Balaban J connectivity index is 1.72. The van der Waals surface area contributed by atoms with Gasteiger partial charge in [0, 0.05) is 6.07 Å². The smallest absolute Gasteiger partial charge is 0.297 e. The van der Waals surface area contributed by atoms with Crippen LogP contribution in [0, 0.1) is 17.0 Å². The molecular weight excluding hydrogens is 364 g/mol. The van der Waals surface area contributed by atoms with E-state index in [1.165, 1.54) is 24.3 Å². The Bertz CT molecular complexity index is 942. The van der Waals surface area contributed by atoms with E-state index in [0.29, 0.717) is 0 Å². The number of hydrogen-bond acceptors (Lipinski definition) is 8. The number of nitrogens with two attached hydrogens (primary N) is 1. The van der Waals surface area contributed by atoms with Gasteiger partial charge in [0.25, 0.3) is 15.8 Å². The molecule has 0 aromatic heterocycles. The third kappa shape index (κ3) is 3.55. The van der Waals surface area contributed by atoms with Crippen molar-refractivity contribution in [1.82, 2.24) is 0 Å². The van der Waals surface area contributed by atoms with Crippen molar-refractivity contribution in [3.05, 3.63) is 52.1 Å².